The highest BCUT2D eigenvalue weighted by atomic mass is 16.2. The van der Waals surface area contributed by atoms with Crippen LogP contribution in [0.3, 0.4) is 0 Å². The van der Waals surface area contributed by atoms with Crippen LogP contribution in [0.15, 0.2) is 0 Å². The third-order valence-electron chi connectivity index (χ3n) is 3.41. The first-order valence-electron chi connectivity index (χ1n) is 6.27. The molecular weight excluding hydrogens is 218 g/mol. The quantitative estimate of drug-likeness (QED) is 0.722. The molecule has 0 aromatic carbocycles. The number of nitrogens with zero attached hydrogens (tertiary/aromatic N) is 1. The van der Waals surface area contributed by atoms with Gasteiger partial charge in [0.25, 0.3) is 0 Å². The summed E-state index contributed by atoms with van der Waals surface area (Å²) < 4.78 is 0. The molecule has 0 aromatic rings. The Hall–Kier alpha value is -1.10. The maximum absolute atomic E-state index is 11.7. The maximum Gasteiger partial charge on any atom is 0.237 e. The lowest BCUT2D eigenvalue weighted by atomic mass is 9.83. The second kappa shape index (κ2) is 6.59. The first kappa shape index (κ1) is 14.0. The number of carbonyl (C=O) groups is 2. The molecule has 98 valence electrons. The Morgan fingerprint density at radius 1 is 1.35 bits per heavy atom. The predicted octanol–water partition coefficient (Wildman–Crippen LogP) is 0.228. The van der Waals surface area contributed by atoms with E-state index in [1.807, 2.05) is 0 Å². The summed E-state index contributed by atoms with van der Waals surface area (Å²) in [7, 11) is 1.61. The number of amides is 2. The summed E-state index contributed by atoms with van der Waals surface area (Å²) in [4.78, 5) is 23.8. The highest BCUT2D eigenvalue weighted by Gasteiger charge is 2.20. The fourth-order valence-electron chi connectivity index (χ4n) is 2.44. The second-order valence-electron chi connectivity index (χ2n) is 5.05. The normalized spacial score (nSPS) is 24.4. The van der Waals surface area contributed by atoms with Crippen molar-refractivity contribution in [2.24, 2.45) is 17.4 Å². The van der Waals surface area contributed by atoms with Crippen LogP contribution in [0.5, 0.6) is 0 Å². The lowest BCUT2D eigenvalue weighted by Gasteiger charge is -2.26. The first-order chi connectivity index (χ1) is 7.99. The van der Waals surface area contributed by atoms with E-state index >= 15 is 0 Å². The molecule has 1 aliphatic carbocycles. The van der Waals surface area contributed by atoms with Crippen molar-refractivity contribution in [1.29, 1.82) is 0 Å². The van der Waals surface area contributed by atoms with Gasteiger partial charge in [-0.05, 0) is 25.2 Å². The molecule has 0 radical (unpaired) electrons. The molecular formula is C12H23N3O2. The molecule has 2 amide bonds. The zero-order chi connectivity index (χ0) is 12.8. The van der Waals surface area contributed by atoms with Gasteiger partial charge < -0.3 is 16.4 Å². The Bertz CT molecular complexity index is 281. The molecule has 1 aliphatic rings. The van der Waals surface area contributed by atoms with E-state index in [9.17, 15) is 9.59 Å². The lowest BCUT2D eigenvalue weighted by molar-refractivity contribution is -0.134. The minimum Gasteiger partial charge on any atom is -0.368 e. The van der Waals surface area contributed by atoms with Gasteiger partial charge in [-0.3, -0.25) is 9.59 Å². The van der Waals surface area contributed by atoms with Crippen LogP contribution in [0.2, 0.25) is 0 Å². The van der Waals surface area contributed by atoms with Crippen molar-refractivity contribution in [3.8, 4) is 0 Å². The van der Waals surface area contributed by atoms with Crippen LogP contribution in [0.1, 0.15) is 38.5 Å². The average molecular weight is 241 g/mol. The van der Waals surface area contributed by atoms with Gasteiger partial charge in [0, 0.05) is 19.5 Å². The van der Waals surface area contributed by atoms with E-state index in [2.05, 4.69) is 0 Å². The monoisotopic (exact) mass is 241 g/mol. The highest BCUT2D eigenvalue weighted by Crippen LogP contribution is 2.26. The summed E-state index contributed by atoms with van der Waals surface area (Å²) in [5, 5.41) is 0. The molecule has 0 spiro atoms. The fourth-order valence-corrected chi connectivity index (χ4v) is 2.44. The Morgan fingerprint density at radius 2 is 2.06 bits per heavy atom. The molecule has 0 aliphatic heterocycles. The number of nitrogens with two attached hydrogens (primary N) is 2. The Balaban J connectivity index is 2.25. The third-order valence-corrected chi connectivity index (χ3v) is 3.41. The molecule has 0 heterocycles. The molecule has 0 saturated heterocycles. The van der Waals surface area contributed by atoms with E-state index in [0.717, 1.165) is 25.7 Å². The van der Waals surface area contributed by atoms with Crippen LogP contribution in [0, 0.1) is 5.92 Å². The van der Waals surface area contributed by atoms with Crippen molar-refractivity contribution in [3.63, 3.8) is 0 Å². The first-order valence-corrected chi connectivity index (χ1v) is 6.27. The number of hydrogen-bond acceptors (Lipinski definition) is 3. The van der Waals surface area contributed by atoms with E-state index in [4.69, 9.17) is 11.5 Å². The van der Waals surface area contributed by atoms with Crippen molar-refractivity contribution < 1.29 is 9.59 Å². The molecule has 1 fully saturated rings. The van der Waals surface area contributed by atoms with Crippen molar-refractivity contribution >= 4 is 11.8 Å². The molecule has 0 bridgehead atoms. The number of primary amides is 1. The van der Waals surface area contributed by atoms with E-state index in [1.54, 1.807) is 7.05 Å². The zero-order valence-corrected chi connectivity index (χ0v) is 10.5. The van der Waals surface area contributed by atoms with Gasteiger partial charge in [0.1, 0.15) is 0 Å². The van der Waals surface area contributed by atoms with Gasteiger partial charge in [-0.1, -0.05) is 12.8 Å². The summed E-state index contributed by atoms with van der Waals surface area (Å²) >= 11 is 0. The van der Waals surface area contributed by atoms with Crippen molar-refractivity contribution in [2.45, 2.75) is 44.6 Å². The Kier molecular flexibility index (Phi) is 5.41. The van der Waals surface area contributed by atoms with Gasteiger partial charge in [0.15, 0.2) is 0 Å². The summed E-state index contributed by atoms with van der Waals surface area (Å²) in [5.41, 5.74) is 10.9. The predicted molar refractivity (Wildman–Crippen MR) is 66.0 cm³/mol. The Morgan fingerprint density at radius 3 is 2.65 bits per heavy atom. The van der Waals surface area contributed by atoms with Gasteiger partial charge >= 0.3 is 0 Å². The topological polar surface area (TPSA) is 89.4 Å². The molecule has 2 unspecified atom stereocenters. The SMILES string of the molecule is CN(CC(N)=O)C(=O)CCC1CCCC(N)C1. The van der Waals surface area contributed by atoms with E-state index in [-0.39, 0.29) is 12.5 Å². The van der Waals surface area contributed by atoms with Crippen molar-refractivity contribution in [2.75, 3.05) is 13.6 Å². The number of carbonyl (C=O) groups excluding carboxylic acids is 2. The van der Waals surface area contributed by atoms with Crippen LogP contribution >= 0.6 is 0 Å². The minimum atomic E-state index is -0.472. The van der Waals surface area contributed by atoms with Crippen LogP contribution < -0.4 is 11.5 Å². The zero-order valence-electron chi connectivity index (χ0n) is 10.5. The highest BCUT2D eigenvalue weighted by molar-refractivity contribution is 5.83. The van der Waals surface area contributed by atoms with E-state index in [1.165, 1.54) is 11.3 Å². The number of likely N-dealkylation sites (N-methyl/N-ethyl adjacent to an activating group) is 1. The maximum atomic E-state index is 11.7. The largest absolute Gasteiger partial charge is 0.368 e. The van der Waals surface area contributed by atoms with Crippen molar-refractivity contribution in [3.05, 3.63) is 0 Å². The molecule has 0 aromatic heterocycles. The van der Waals surface area contributed by atoms with Crippen LogP contribution in [0.25, 0.3) is 0 Å². The molecule has 5 nitrogen and oxygen atoms in total. The Labute approximate surface area is 103 Å². The second-order valence-corrected chi connectivity index (χ2v) is 5.05. The summed E-state index contributed by atoms with van der Waals surface area (Å²) in [6, 6.07) is 0.298. The molecule has 5 heteroatoms. The third kappa shape index (κ3) is 5.17. The number of rotatable bonds is 5. The molecule has 2 atom stereocenters. The standard InChI is InChI=1S/C12H23N3O2/c1-15(8-11(14)16)12(17)6-5-9-3-2-4-10(13)7-9/h9-10H,2-8,13H2,1H3,(H2,14,16). The van der Waals surface area contributed by atoms with E-state index in [0.29, 0.717) is 18.4 Å². The minimum absolute atomic E-state index is 0.00299. The summed E-state index contributed by atoms with van der Waals surface area (Å²) in [5.74, 6) is 0.0770. The van der Waals surface area contributed by atoms with Crippen LogP contribution in [-0.2, 0) is 9.59 Å². The lowest BCUT2D eigenvalue weighted by Crippen LogP contribution is -2.35. The van der Waals surface area contributed by atoms with Crippen LogP contribution in [0.4, 0.5) is 0 Å². The van der Waals surface area contributed by atoms with E-state index < -0.39 is 5.91 Å². The molecule has 17 heavy (non-hydrogen) atoms. The fraction of sp³-hybridized carbons (Fsp3) is 0.833. The van der Waals surface area contributed by atoms with Gasteiger partial charge in [-0.2, -0.15) is 0 Å². The molecule has 4 N–H and O–H groups in total. The summed E-state index contributed by atoms with van der Waals surface area (Å²) in [6.45, 7) is 0.00299. The average Bonchev–Trinajstić information content (AvgIpc) is 2.25. The van der Waals surface area contributed by atoms with Gasteiger partial charge in [-0.25, -0.2) is 0 Å². The van der Waals surface area contributed by atoms with Crippen molar-refractivity contribution in [1.82, 2.24) is 4.90 Å². The van der Waals surface area contributed by atoms with Crippen LogP contribution in [-0.4, -0.2) is 36.3 Å². The molecule has 1 rings (SSSR count). The van der Waals surface area contributed by atoms with Gasteiger partial charge in [0.05, 0.1) is 6.54 Å². The molecule has 1 saturated carbocycles. The van der Waals surface area contributed by atoms with Gasteiger partial charge in [0.2, 0.25) is 11.8 Å². The smallest absolute Gasteiger partial charge is 0.237 e. The summed E-state index contributed by atoms with van der Waals surface area (Å²) in [6.07, 6.45) is 5.81. The number of hydrogen-bond donors (Lipinski definition) is 2. The van der Waals surface area contributed by atoms with Gasteiger partial charge in [-0.15, -0.1) is 0 Å².